The van der Waals surface area contributed by atoms with Gasteiger partial charge in [0.05, 0.1) is 27.7 Å². The molecule has 0 unspecified atom stereocenters. The summed E-state index contributed by atoms with van der Waals surface area (Å²) in [5, 5.41) is 9.41. The first kappa shape index (κ1) is 15.1. The summed E-state index contributed by atoms with van der Waals surface area (Å²) in [6.45, 7) is 1.18. The lowest BCUT2D eigenvalue weighted by Gasteiger charge is -2.29. The predicted octanol–water partition coefficient (Wildman–Crippen LogP) is 2.78. The number of fused-ring (bicyclic) bond motifs is 1. The highest BCUT2D eigenvalue weighted by Gasteiger charge is 2.77. The summed E-state index contributed by atoms with van der Waals surface area (Å²) < 4.78 is 55.4. The standard InChI is InChI=1S/C12H9F4N3O2S/c1-11(8-9(12(8,15)16)22-10(17)18-11)5-2-4(19(20)21)3-6(13)7(5)14/h2-3,8-9H,1H3,(H2,17,18)/t8-,9-,11-/m1/s1. The number of hydrogen-bond acceptors (Lipinski definition) is 5. The molecule has 0 amide bonds. The van der Waals surface area contributed by atoms with Crippen LogP contribution in [0.5, 0.6) is 0 Å². The third kappa shape index (κ3) is 1.89. The first-order chi connectivity index (χ1) is 10.1. The number of nitro groups is 1. The number of rotatable bonds is 2. The second kappa shape index (κ2) is 4.34. The molecule has 2 N–H and O–H groups in total. The van der Waals surface area contributed by atoms with Crippen LogP contribution in [0.1, 0.15) is 12.5 Å². The summed E-state index contributed by atoms with van der Waals surface area (Å²) in [6.07, 6.45) is 0. The monoisotopic (exact) mass is 335 g/mol. The van der Waals surface area contributed by atoms with E-state index in [9.17, 15) is 27.7 Å². The second-order valence-electron chi connectivity index (χ2n) is 5.33. The van der Waals surface area contributed by atoms with Crippen molar-refractivity contribution in [1.29, 1.82) is 0 Å². The van der Waals surface area contributed by atoms with Crippen molar-refractivity contribution < 1.29 is 22.5 Å². The van der Waals surface area contributed by atoms with Gasteiger partial charge in [0.1, 0.15) is 0 Å². The minimum Gasteiger partial charge on any atom is -0.379 e. The SMILES string of the molecule is C[C@]1(c2cc([N+](=O)[O-])cc(F)c2F)N=C(N)S[C@@H]2[C@H]1C2(F)F. The number of benzene rings is 1. The molecule has 3 atom stereocenters. The van der Waals surface area contributed by atoms with Crippen molar-refractivity contribution in [2.75, 3.05) is 0 Å². The van der Waals surface area contributed by atoms with Crippen LogP contribution in [0, 0.1) is 27.7 Å². The molecule has 1 saturated carbocycles. The molecular formula is C12H9F4N3O2S. The van der Waals surface area contributed by atoms with Crippen LogP contribution in [-0.2, 0) is 5.54 Å². The number of amidine groups is 1. The van der Waals surface area contributed by atoms with E-state index in [1.165, 1.54) is 6.92 Å². The van der Waals surface area contributed by atoms with Crippen LogP contribution in [0.15, 0.2) is 17.1 Å². The van der Waals surface area contributed by atoms with Crippen molar-refractivity contribution >= 4 is 22.6 Å². The van der Waals surface area contributed by atoms with E-state index in [0.29, 0.717) is 17.8 Å². The maximum absolute atomic E-state index is 14.1. The van der Waals surface area contributed by atoms with Gasteiger partial charge in [0, 0.05) is 11.6 Å². The maximum Gasteiger partial charge on any atom is 0.272 e. The molecule has 3 rings (SSSR count). The Hall–Kier alpha value is -1.84. The molecule has 118 valence electrons. The van der Waals surface area contributed by atoms with Crippen molar-refractivity contribution in [1.82, 2.24) is 0 Å². The lowest BCUT2D eigenvalue weighted by molar-refractivity contribution is -0.385. The van der Waals surface area contributed by atoms with Crippen molar-refractivity contribution in [3.8, 4) is 0 Å². The molecule has 1 heterocycles. The van der Waals surface area contributed by atoms with Gasteiger partial charge in [-0.05, 0) is 6.92 Å². The van der Waals surface area contributed by atoms with E-state index in [-0.39, 0.29) is 5.17 Å². The zero-order chi connectivity index (χ0) is 16.4. The Morgan fingerprint density at radius 1 is 1.41 bits per heavy atom. The van der Waals surface area contributed by atoms with Crippen LogP contribution in [0.3, 0.4) is 0 Å². The molecule has 0 bridgehead atoms. The third-order valence-electron chi connectivity index (χ3n) is 3.95. The fourth-order valence-electron chi connectivity index (χ4n) is 2.85. The van der Waals surface area contributed by atoms with Crippen LogP contribution in [0.4, 0.5) is 23.2 Å². The van der Waals surface area contributed by atoms with Crippen molar-refractivity contribution in [3.05, 3.63) is 39.4 Å². The van der Waals surface area contributed by atoms with Gasteiger partial charge in [-0.25, -0.2) is 17.6 Å². The Morgan fingerprint density at radius 2 is 2.05 bits per heavy atom. The largest absolute Gasteiger partial charge is 0.379 e. The van der Waals surface area contributed by atoms with Gasteiger partial charge in [-0.15, -0.1) is 0 Å². The topological polar surface area (TPSA) is 81.5 Å². The molecular weight excluding hydrogens is 326 g/mol. The Kier molecular flexibility index (Phi) is 2.97. The van der Waals surface area contributed by atoms with E-state index >= 15 is 0 Å². The number of alkyl halides is 2. The molecule has 1 fully saturated rings. The molecule has 1 aromatic rings. The Labute approximate surface area is 125 Å². The Balaban J connectivity index is 2.21. The number of nitrogens with zero attached hydrogens (tertiary/aromatic N) is 2. The van der Waals surface area contributed by atoms with Crippen molar-refractivity contribution in [3.63, 3.8) is 0 Å². The minimum atomic E-state index is -3.16. The summed E-state index contributed by atoms with van der Waals surface area (Å²) in [4.78, 5) is 13.7. The minimum absolute atomic E-state index is 0.188. The number of aliphatic imine (C=N–C) groups is 1. The normalized spacial score (nSPS) is 32.1. The van der Waals surface area contributed by atoms with Crippen LogP contribution in [0.2, 0.25) is 0 Å². The highest BCUT2D eigenvalue weighted by Crippen LogP contribution is 2.67. The molecule has 5 nitrogen and oxygen atoms in total. The molecule has 0 spiro atoms. The quantitative estimate of drug-likeness (QED) is 0.512. The van der Waals surface area contributed by atoms with Crippen LogP contribution >= 0.6 is 11.8 Å². The number of thioether (sulfide) groups is 1. The van der Waals surface area contributed by atoms with Gasteiger partial charge in [0.25, 0.3) is 11.6 Å². The fraction of sp³-hybridized carbons (Fsp3) is 0.417. The average molecular weight is 335 g/mol. The highest BCUT2D eigenvalue weighted by molar-refractivity contribution is 8.14. The van der Waals surface area contributed by atoms with Gasteiger partial charge in [0.15, 0.2) is 16.8 Å². The molecule has 1 aliphatic heterocycles. The second-order valence-corrected chi connectivity index (χ2v) is 6.50. The first-order valence-corrected chi connectivity index (χ1v) is 7.00. The van der Waals surface area contributed by atoms with Gasteiger partial charge in [0.2, 0.25) is 0 Å². The molecule has 1 aromatic carbocycles. The van der Waals surface area contributed by atoms with Crippen LogP contribution < -0.4 is 5.73 Å². The summed E-state index contributed by atoms with van der Waals surface area (Å²) >= 11 is 0.667. The van der Waals surface area contributed by atoms with E-state index in [0.717, 1.165) is 6.07 Å². The number of halogens is 4. The zero-order valence-electron chi connectivity index (χ0n) is 11.0. The van der Waals surface area contributed by atoms with E-state index in [1.54, 1.807) is 0 Å². The van der Waals surface area contributed by atoms with Gasteiger partial charge in [-0.3, -0.25) is 15.1 Å². The number of nitrogens with two attached hydrogens (primary N) is 1. The summed E-state index contributed by atoms with van der Waals surface area (Å²) in [7, 11) is 0. The first-order valence-electron chi connectivity index (χ1n) is 6.12. The van der Waals surface area contributed by atoms with Crippen LogP contribution in [-0.4, -0.2) is 21.3 Å². The fourth-order valence-corrected chi connectivity index (χ4v) is 4.16. The molecule has 0 aromatic heterocycles. The lowest BCUT2D eigenvalue weighted by atomic mass is 9.86. The third-order valence-corrected chi connectivity index (χ3v) is 5.13. The lowest BCUT2D eigenvalue weighted by Crippen LogP contribution is -2.32. The van der Waals surface area contributed by atoms with E-state index in [2.05, 4.69) is 4.99 Å². The highest BCUT2D eigenvalue weighted by atomic mass is 32.2. The van der Waals surface area contributed by atoms with Crippen molar-refractivity contribution in [2.45, 2.75) is 23.6 Å². The summed E-state index contributed by atoms with van der Waals surface area (Å²) in [5.74, 6) is -7.47. The molecule has 0 radical (unpaired) electrons. The molecule has 10 heteroatoms. The number of hydrogen-bond donors (Lipinski definition) is 1. The predicted molar refractivity (Wildman–Crippen MR) is 71.8 cm³/mol. The number of non-ortho nitro benzene ring substituents is 1. The molecule has 22 heavy (non-hydrogen) atoms. The average Bonchev–Trinajstić information content (AvgIpc) is 2.94. The van der Waals surface area contributed by atoms with E-state index in [1.807, 2.05) is 0 Å². The van der Waals surface area contributed by atoms with Crippen molar-refractivity contribution in [2.24, 2.45) is 16.6 Å². The summed E-state index contributed by atoms with van der Waals surface area (Å²) in [5.41, 5.74) is 2.32. The molecule has 0 saturated heterocycles. The molecule has 1 aliphatic carbocycles. The van der Waals surface area contributed by atoms with Crippen LogP contribution in [0.25, 0.3) is 0 Å². The zero-order valence-corrected chi connectivity index (χ0v) is 11.8. The van der Waals surface area contributed by atoms with E-state index < -0.39 is 50.4 Å². The van der Waals surface area contributed by atoms with Gasteiger partial charge >= 0.3 is 0 Å². The number of nitro benzene ring substituents is 1. The van der Waals surface area contributed by atoms with E-state index in [4.69, 9.17) is 5.73 Å². The Bertz CT molecular complexity index is 727. The smallest absolute Gasteiger partial charge is 0.272 e. The van der Waals surface area contributed by atoms with Gasteiger partial charge < -0.3 is 5.73 Å². The molecule has 2 aliphatic rings. The van der Waals surface area contributed by atoms with Gasteiger partial charge in [-0.2, -0.15) is 0 Å². The Morgan fingerprint density at radius 3 is 2.64 bits per heavy atom. The van der Waals surface area contributed by atoms with Gasteiger partial charge in [-0.1, -0.05) is 11.8 Å². The maximum atomic E-state index is 14.1. The summed E-state index contributed by atoms with van der Waals surface area (Å²) in [6, 6.07) is 1.13.